The van der Waals surface area contributed by atoms with E-state index in [4.69, 9.17) is 9.47 Å². The van der Waals surface area contributed by atoms with E-state index in [2.05, 4.69) is 10.7 Å². The first kappa shape index (κ1) is 20.3. The van der Waals surface area contributed by atoms with Crippen molar-refractivity contribution in [1.82, 2.24) is 20.7 Å². The number of carbonyl (C=O) groups is 2. The van der Waals surface area contributed by atoms with Crippen LogP contribution >= 0.6 is 0 Å². The van der Waals surface area contributed by atoms with Gasteiger partial charge in [0.25, 0.3) is 5.91 Å². The van der Waals surface area contributed by atoms with Crippen LogP contribution in [0, 0.1) is 5.82 Å². The summed E-state index contributed by atoms with van der Waals surface area (Å²) in [6.07, 6.45) is 4.26. The van der Waals surface area contributed by atoms with Gasteiger partial charge >= 0.3 is 0 Å². The van der Waals surface area contributed by atoms with Gasteiger partial charge in [-0.2, -0.15) is 0 Å². The second kappa shape index (κ2) is 8.51. The lowest BCUT2D eigenvalue weighted by molar-refractivity contribution is -0.134. The van der Waals surface area contributed by atoms with Gasteiger partial charge in [-0.1, -0.05) is 18.2 Å². The quantitative estimate of drug-likeness (QED) is 0.720. The second-order valence-electron chi connectivity index (χ2n) is 7.94. The number of fused-ring (bicyclic) bond motifs is 2. The van der Waals surface area contributed by atoms with Gasteiger partial charge in [0.1, 0.15) is 11.9 Å². The molecule has 32 heavy (non-hydrogen) atoms. The van der Waals surface area contributed by atoms with E-state index in [0.717, 1.165) is 11.1 Å². The number of hydrogen-bond acceptors (Lipinski definition) is 6. The average molecular weight is 438 g/mol. The summed E-state index contributed by atoms with van der Waals surface area (Å²) in [5, 5.41) is 4.66. The van der Waals surface area contributed by atoms with Crippen molar-refractivity contribution in [3.8, 4) is 11.5 Å². The molecule has 5 rings (SSSR count). The van der Waals surface area contributed by atoms with Crippen LogP contribution in [0.5, 0.6) is 11.5 Å². The number of ether oxygens (including phenoxy) is 2. The molecule has 2 unspecified atom stereocenters. The molecule has 1 fully saturated rings. The Balaban J connectivity index is 1.12. The molecular weight excluding hydrogens is 415 g/mol. The molecule has 3 heterocycles. The predicted molar refractivity (Wildman–Crippen MR) is 112 cm³/mol. The molecule has 1 saturated heterocycles. The summed E-state index contributed by atoms with van der Waals surface area (Å²) in [6.45, 7) is 0.883. The molecule has 0 spiro atoms. The molecule has 166 valence electrons. The van der Waals surface area contributed by atoms with E-state index in [-0.39, 0.29) is 42.9 Å². The molecule has 2 amide bonds. The maximum atomic E-state index is 13.2. The first-order chi connectivity index (χ1) is 15.6. The highest BCUT2D eigenvalue weighted by Gasteiger charge is 2.39. The van der Waals surface area contributed by atoms with Crippen LogP contribution in [0.4, 0.5) is 4.39 Å². The summed E-state index contributed by atoms with van der Waals surface area (Å²) in [5.74, 6) is 0.888. The average Bonchev–Trinajstić information content (AvgIpc) is 3.45. The molecule has 0 saturated carbocycles. The highest BCUT2D eigenvalue weighted by molar-refractivity contribution is 5.85. The van der Waals surface area contributed by atoms with Gasteiger partial charge < -0.3 is 24.7 Å². The number of carbonyl (C=O) groups excluding carboxylic acids is 2. The molecule has 2 N–H and O–H groups in total. The van der Waals surface area contributed by atoms with Crippen molar-refractivity contribution < 1.29 is 23.5 Å². The highest BCUT2D eigenvalue weighted by Crippen LogP contribution is 2.33. The molecule has 0 bridgehead atoms. The van der Waals surface area contributed by atoms with Crippen molar-refractivity contribution in [1.29, 1.82) is 0 Å². The molecule has 8 nitrogen and oxygen atoms in total. The normalized spacial score (nSPS) is 21.1. The minimum absolute atomic E-state index is 0.0619. The van der Waals surface area contributed by atoms with Crippen LogP contribution in [0.1, 0.15) is 30.0 Å². The first-order valence-electron chi connectivity index (χ1n) is 10.5. The van der Waals surface area contributed by atoms with Gasteiger partial charge in [0.2, 0.25) is 12.7 Å². The van der Waals surface area contributed by atoms with E-state index in [1.54, 1.807) is 34.4 Å². The van der Waals surface area contributed by atoms with Gasteiger partial charge in [0.15, 0.2) is 11.5 Å². The van der Waals surface area contributed by atoms with Crippen molar-refractivity contribution >= 4 is 11.8 Å². The van der Waals surface area contributed by atoms with Crippen molar-refractivity contribution in [3.05, 3.63) is 71.8 Å². The Kier molecular flexibility index (Phi) is 5.40. The summed E-state index contributed by atoms with van der Waals surface area (Å²) in [6, 6.07) is 11.4. The fourth-order valence-electron chi connectivity index (χ4n) is 4.10. The van der Waals surface area contributed by atoms with Crippen LogP contribution < -0.4 is 20.2 Å². The van der Waals surface area contributed by atoms with Crippen molar-refractivity contribution in [3.63, 3.8) is 0 Å². The Morgan fingerprint density at radius 3 is 2.78 bits per heavy atom. The molecule has 2 aromatic carbocycles. The lowest BCUT2D eigenvalue weighted by atomic mass is 10.0. The molecule has 3 aliphatic rings. The van der Waals surface area contributed by atoms with Crippen molar-refractivity contribution in [2.45, 2.75) is 31.5 Å². The van der Waals surface area contributed by atoms with Crippen molar-refractivity contribution in [2.24, 2.45) is 0 Å². The number of amides is 2. The summed E-state index contributed by atoms with van der Waals surface area (Å²) < 4.78 is 23.8. The minimum atomic E-state index is -0.355. The first-order valence-corrected chi connectivity index (χ1v) is 10.5. The zero-order valence-electron chi connectivity index (χ0n) is 17.3. The fourth-order valence-corrected chi connectivity index (χ4v) is 4.10. The zero-order valence-corrected chi connectivity index (χ0v) is 17.3. The van der Waals surface area contributed by atoms with E-state index < -0.39 is 0 Å². The third-order valence-corrected chi connectivity index (χ3v) is 5.85. The van der Waals surface area contributed by atoms with Gasteiger partial charge in [0, 0.05) is 31.9 Å². The molecule has 3 aliphatic heterocycles. The van der Waals surface area contributed by atoms with Crippen LogP contribution in [-0.2, 0) is 16.1 Å². The zero-order chi connectivity index (χ0) is 22.1. The van der Waals surface area contributed by atoms with Crippen LogP contribution in [0.25, 0.3) is 0 Å². The Labute approximate surface area is 184 Å². The Morgan fingerprint density at radius 2 is 1.94 bits per heavy atom. The maximum absolute atomic E-state index is 13.2. The van der Waals surface area contributed by atoms with E-state index in [9.17, 15) is 14.0 Å². The maximum Gasteiger partial charge on any atom is 0.250 e. The lowest BCUT2D eigenvalue weighted by Gasteiger charge is -2.31. The van der Waals surface area contributed by atoms with Crippen molar-refractivity contribution in [2.75, 3.05) is 13.3 Å². The van der Waals surface area contributed by atoms with Crippen LogP contribution in [0.2, 0.25) is 0 Å². The Hall–Kier alpha value is -3.59. The third-order valence-electron chi connectivity index (χ3n) is 5.85. The lowest BCUT2D eigenvalue weighted by Crippen LogP contribution is -2.48. The van der Waals surface area contributed by atoms with E-state index >= 15 is 0 Å². The molecular formula is C23H23FN4O4. The summed E-state index contributed by atoms with van der Waals surface area (Å²) >= 11 is 0. The van der Waals surface area contributed by atoms with E-state index in [1.807, 2.05) is 18.2 Å². The Bertz CT molecular complexity index is 1060. The molecule has 2 aromatic rings. The number of benzene rings is 2. The SMILES string of the molecule is O=C(CCN1C=CN2NC(c3ccc(F)cc3)CC2C1=O)NCc1ccc2c(c1)OCO2. The summed E-state index contributed by atoms with van der Waals surface area (Å²) in [5.41, 5.74) is 5.12. The molecule has 2 atom stereocenters. The number of hydrogen-bond donors (Lipinski definition) is 2. The topological polar surface area (TPSA) is 83.1 Å². The minimum Gasteiger partial charge on any atom is -0.454 e. The molecule has 9 heteroatoms. The predicted octanol–water partition coefficient (Wildman–Crippen LogP) is 2.19. The standard InChI is InChI=1S/C23H23FN4O4/c24-17-4-2-16(3-5-17)18-12-19-23(30)27(9-10-28(19)26-18)8-7-22(29)25-13-15-1-6-20-21(11-15)32-14-31-20/h1-6,9-11,18-19,26H,7-8,12-14H2,(H,25,29). The number of halogens is 1. The summed E-state index contributed by atoms with van der Waals surface area (Å²) in [7, 11) is 0. The van der Waals surface area contributed by atoms with Crippen LogP contribution in [0.15, 0.2) is 54.9 Å². The summed E-state index contributed by atoms with van der Waals surface area (Å²) in [4.78, 5) is 26.8. The van der Waals surface area contributed by atoms with Gasteiger partial charge in [-0.3, -0.25) is 9.59 Å². The molecule has 0 aromatic heterocycles. The largest absolute Gasteiger partial charge is 0.454 e. The molecule has 0 radical (unpaired) electrons. The second-order valence-corrected chi connectivity index (χ2v) is 7.94. The van der Waals surface area contributed by atoms with Gasteiger partial charge in [-0.25, -0.2) is 9.82 Å². The monoisotopic (exact) mass is 438 g/mol. The number of nitrogens with one attached hydrogen (secondary N) is 2. The molecule has 0 aliphatic carbocycles. The van der Waals surface area contributed by atoms with E-state index in [0.29, 0.717) is 31.0 Å². The number of hydrazine groups is 1. The third kappa shape index (κ3) is 4.11. The highest BCUT2D eigenvalue weighted by atomic mass is 19.1. The Morgan fingerprint density at radius 1 is 1.12 bits per heavy atom. The number of rotatable bonds is 6. The van der Waals surface area contributed by atoms with Gasteiger partial charge in [-0.05, 0) is 41.8 Å². The number of nitrogens with zero attached hydrogens (tertiary/aromatic N) is 2. The van der Waals surface area contributed by atoms with Crippen LogP contribution in [-0.4, -0.2) is 41.1 Å². The van der Waals surface area contributed by atoms with Crippen LogP contribution in [0.3, 0.4) is 0 Å². The van der Waals surface area contributed by atoms with E-state index in [1.165, 1.54) is 12.1 Å². The van der Waals surface area contributed by atoms with Gasteiger partial charge in [0.05, 0.1) is 6.04 Å². The van der Waals surface area contributed by atoms with Gasteiger partial charge in [-0.15, -0.1) is 0 Å². The smallest absolute Gasteiger partial charge is 0.250 e. The fraction of sp³-hybridized carbons (Fsp3) is 0.304.